The number of aliphatic imine (C=N–C) groups is 1. The molecule has 6 heteroatoms. The van der Waals surface area contributed by atoms with E-state index in [1.807, 2.05) is 0 Å². The van der Waals surface area contributed by atoms with E-state index >= 15 is 0 Å². The van der Waals surface area contributed by atoms with Crippen LogP contribution in [0.2, 0.25) is 0 Å². The van der Waals surface area contributed by atoms with E-state index in [-0.39, 0.29) is 11.9 Å². The van der Waals surface area contributed by atoms with Crippen LogP contribution in [-0.2, 0) is 12.7 Å². The van der Waals surface area contributed by atoms with Crippen LogP contribution in [0.1, 0.15) is 11.1 Å². The van der Waals surface area contributed by atoms with Crippen LogP contribution in [0.15, 0.2) is 120 Å². The first-order valence-electron chi connectivity index (χ1n) is 11.2. The molecule has 0 atom stereocenters. The molecule has 170 valence electrons. The van der Waals surface area contributed by atoms with Gasteiger partial charge in [0, 0.05) is 0 Å². The van der Waals surface area contributed by atoms with Crippen molar-refractivity contribution in [2.45, 2.75) is 12.7 Å². The maximum Gasteiger partial charge on any atom is 0.386 e. The lowest BCUT2D eigenvalue weighted by Crippen LogP contribution is -2.73. The zero-order chi connectivity index (χ0) is 23.8. The van der Waals surface area contributed by atoms with Gasteiger partial charge >= 0.3 is 5.96 Å². The summed E-state index contributed by atoms with van der Waals surface area (Å²) < 4.78 is 0. The molecule has 0 unspecified atom stereocenters. The molecule has 0 amide bonds. The third-order valence-corrected chi connectivity index (χ3v) is 10.1. The average Bonchev–Trinajstić information content (AvgIpc) is 2.88. The Morgan fingerprint density at radius 2 is 1.00 bits per heavy atom. The molecule has 0 aliphatic rings. The lowest BCUT2D eigenvalue weighted by molar-refractivity contribution is -0.477. The molecule has 0 aliphatic carbocycles. The molecular weight excluding hydrogens is 437 g/mol. The second-order valence-corrected chi connectivity index (χ2v) is 11.6. The van der Waals surface area contributed by atoms with Crippen LogP contribution in [0.3, 0.4) is 0 Å². The largest absolute Gasteiger partial charge is 0.386 e. The molecule has 7 N–H and O–H groups in total. The predicted molar refractivity (Wildman–Crippen MR) is 145 cm³/mol. The molecule has 0 spiro atoms. The Labute approximate surface area is 201 Å². The molecule has 0 bridgehead atoms. The fourth-order valence-electron chi connectivity index (χ4n) is 4.18. The quantitative estimate of drug-likeness (QED) is 0.187. The second kappa shape index (κ2) is 10.8. The van der Waals surface area contributed by atoms with Crippen molar-refractivity contribution in [2.24, 2.45) is 22.2 Å². The first-order chi connectivity index (χ1) is 16.6. The van der Waals surface area contributed by atoms with Crippen LogP contribution in [0.5, 0.6) is 0 Å². The van der Waals surface area contributed by atoms with E-state index in [0.717, 1.165) is 11.7 Å². The number of rotatable bonds is 7. The van der Waals surface area contributed by atoms with Gasteiger partial charge in [0.1, 0.15) is 23.2 Å². The Morgan fingerprint density at radius 3 is 1.41 bits per heavy atom. The molecule has 0 radical (unpaired) electrons. The van der Waals surface area contributed by atoms with Crippen molar-refractivity contribution in [1.82, 2.24) is 0 Å². The van der Waals surface area contributed by atoms with Crippen LogP contribution in [0.25, 0.3) is 0 Å². The molecule has 34 heavy (non-hydrogen) atoms. The van der Waals surface area contributed by atoms with Crippen molar-refractivity contribution in [2.75, 3.05) is 0 Å². The van der Waals surface area contributed by atoms with Crippen molar-refractivity contribution in [1.29, 1.82) is 0 Å². The van der Waals surface area contributed by atoms with Crippen molar-refractivity contribution in [3.63, 3.8) is 0 Å². The summed E-state index contributed by atoms with van der Waals surface area (Å²) in [4.78, 5) is 6.85. The van der Waals surface area contributed by atoms with Gasteiger partial charge in [-0.25, -0.2) is 0 Å². The topological polar surface area (TPSA) is 104 Å². The highest BCUT2D eigenvalue weighted by Crippen LogP contribution is 2.58. The highest BCUT2D eigenvalue weighted by atomic mass is 31.2. The van der Waals surface area contributed by atoms with Crippen LogP contribution in [0, 0.1) is 0 Å². The van der Waals surface area contributed by atoms with E-state index in [1.54, 1.807) is 0 Å². The standard InChI is InChI=1S/C28H29N5P/c29-27(30)33-28(31)32-20-22-16-18-23(19-17-22)21-34(24-10-4-1-5-11-24,25-12-6-2-7-13-25)26-14-8-3-9-15-26/h1-19H,20-21H2,(H6,29,30,31,32,33)/q+1/p+1. The minimum atomic E-state index is -1.92. The smallest absolute Gasteiger partial charge is 0.356 e. The van der Waals surface area contributed by atoms with Crippen molar-refractivity contribution < 1.29 is 4.99 Å². The van der Waals surface area contributed by atoms with Crippen molar-refractivity contribution >= 4 is 35.1 Å². The van der Waals surface area contributed by atoms with E-state index in [1.165, 1.54) is 21.5 Å². The fraction of sp³-hybridized carbons (Fsp3) is 0.0714. The molecule has 0 aromatic heterocycles. The third kappa shape index (κ3) is 5.33. The first kappa shape index (κ1) is 23.2. The SMILES string of the molecule is NC(N)=NC(N)=[NH+]Cc1ccc(C[P+](c2ccccc2)(c2ccccc2)c2ccccc2)cc1. The molecule has 0 fully saturated rings. The van der Waals surface area contributed by atoms with Gasteiger partial charge in [-0.3, -0.25) is 10.7 Å². The Hall–Kier alpha value is -3.95. The van der Waals surface area contributed by atoms with Crippen molar-refractivity contribution in [3.8, 4) is 0 Å². The third-order valence-electron chi connectivity index (χ3n) is 5.76. The van der Waals surface area contributed by atoms with Gasteiger partial charge in [0.2, 0.25) is 0 Å². The van der Waals surface area contributed by atoms with E-state index in [0.29, 0.717) is 6.54 Å². The summed E-state index contributed by atoms with van der Waals surface area (Å²) in [5, 5.41) is 4.12. The zero-order valence-corrected chi connectivity index (χ0v) is 19.9. The summed E-state index contributed by atoms with van der Waals surface area (Å²) in [5.74, 6) is 0.134. The van der Waals surface area contributed by atoms with Gasteiger partial charge in [-0.05, 0) is 52.5 Å². The molecule has 4 rings (SSSR count). The molecular formula is C28H30N5P+2. The predicted octanol–water partition coefficient (Wildman–Crippen LogP) is 1.35. The Balaban J connectivity index is 1.75. The number of nitrogens with two attached hydrogens (primary N) is 3. The fourth-order valence-corrected chi connectivity index (χ4v) is 8.42. The zero-order valence-electron chi connectivity index (χ0n) is 19.0. The normalized spacial score (nSPS) is 11.7. The highest BCUT2D eigenvalue weighted by molar-refractivity contribution is 7.95. The lowest BCUT2D eigenvalue weighted by Gasteiger charge is -2.28. The first-order valence-corrected chi connectivity index (χ1v) is 13.1. The van der Waals surface area contributed by atoms with Gasteiger partial charge < -0.3 is 11.5 Å². The van der Waals surface area contributed by atoms with Crippen LogP contribution < -0.4 is 38.1 Å². The molecule has 4 aromatic rings. The van der Waals surface area contributed by atoms with Gasteiger partial charge in [0.25, 0.3) is 5.96 Å². The molecule has 0 saturated carbocycles. The number of guanidine groups is 2. The van der Waals surface area contributed by atoms with E-state index in [9.17, 15) is 0 Å². The summed E-state index contributed by atoms with van der Waals surface area (Å²) in [6.45, 7) is 0.541. The van der Waals surface area contributed by atoms with Gasteiger partial charge in [0.15, 0.2) is 0 Å². The monoisotopic (exact) mass is 467 g/mol. The summed E-state index contributed by atoms with van der Waals surface area (Å²) in [5.41, 5.74) is 18.9. The minimum absolute atomic E-state index is 0.0663. The van der Waals surface area contributed by atoms with Crippen molar-refractivity contribution in [3.05, 3.63) is 126 Å². The second-order valence-electron chi connectivity index (χ2n) is 8.07. The maximum absolute atomic E-state index is 5.79. The van der Waals surface area contributed by atoms with Crippen LogP contribution in [-0.4, -0.2) is 11.9 Å². The van der Waals surface area contributed by atoms with Gasteiger partial charge in [-0.15, -0.1) is 0 Å². The number of nitrogens with one attached hydrogen (secondary N) is 1. The summed E-state index contributed by atoms with van der Waals surface area (Å²) in [6, 6.07) is 41.4. The molecule has 0 aliphatic heterocycles. The maximum atomic E-state index is 5.79. The minimum Gasteiger partial charge on any atom is -0.356 e. The highest BCUT2D eigenvalue weighted by Gasteiger charge is 2.45. The molecule has 0 heterocycles. The molecule has 5 nitrogen and oxygen atoms in total. The Bertz CT molecular complexity index is 1150. The van der Waals surface area contributed by atoms with E-state index in [2.05, 4.69) is 125 Å². The van der Waals surface area contributed by atoms with Crippen LogP contribution >= 0.6 is 7.26 Å². The number of nitrogens with zero attached hydrogens (tertiary/aromatic N) is 1. The average molecular weight is 468 g/mol. The lowest BCUT2D eigenvalue weighted by atomic mass is 10.1. The molecule has 0 saturated heterocycles. The van der Waals surface area contributed by atoms with Gasteiger partial charge in [0.05, 0.1) is 12.7 Å². The van der Waals surface area contributed by atoms with E-state index < -0.39 is 7.26 Å². The summed E-state index contributed by atoms with van der Waals surface area (Å²) >= 11 is 0. The molecule has 4 aromatic carbocycles. The number of hydrogen-bond acceptors (Lipinski definition) is 0. The van der Waals surface area contributed by atoms with Crippen LogP contribution in [0.4, 0.5) is 0 Å². The summed E-state index contributed by atoms with van der Waals surface area (Å²) in [7, 11) is -1.92. The number of benzene rings is 4. The van der Waals surface area contributed by atoms with E-state index in [4.69, 9.17) is 17.2 Å². The Morgan fingerprint density at radius 1 is 0.588 bits per heavy atom. The summed E-state index contributed by atoms with van der Waals surface area (Å²) in [6.07, 6.45) is 0.932. The van der Waals surface area contributed by atoms with Gasteiger partial charge in [-0.1, -0.05) is 78.9 Å². The number of hydrogen-bond donors (Lipinski definition) is 4. The van der Waals surface area contributed by atoms with Gasteiger partial charge in [-0.2, -0.15) is 0 Å². The Kier molecular flexibility index (Phi) is 7.36.